The minimum Gasteiger partial charge on any atom is -0.330 e. The summed E-state index contributed by atoms with van der Waals surface area (Å²) >= 11 is 1.91. The molecular formula is C12H20N2S. The van der Waals surface area contributed by atoms with Crippen LogP contribution in [0.25, 0.3) is 0 Å². The summed E-state index contributed by atoms with van der Waals surface area (Å²) in [5.74, 6) is 0. The van der Waals surface area contributed by atoms with Crippen LogP contribution in [-0.2, 0) is 18.3 Å². The van der Waals surface area contributed by atoms with Gasteiger partial charge in [0, 0.05) is 16.7 Å². The molecule has 84 valence electrons. The zero-order valence-electron chi connectivity index (χ0n) is 9.68. The molecule has 15 heavy (non-hydrogen) atoms. The highest BCUT2D eigenvalue weighted by molar-refractivity contribution is 7.11. The van der Waals surface area contributed by atoms with Gasteiger partial charge < -0.3 is 5.73 Å². The second-order valence-corrected chi connectivity index (χ2v) is 6.18. The van der Waals surface area contributed by atoms with E-state index in [2.05, 4.69) is 13.8 Å². The third-order valence-corrected chi connectivity index (χ3v) is 4.36. The Kier molecular flexibility index (Phi) is 3.12. The van der Waals surface area contributed by atoms with Crippen molar-refractivity contribution in [1.29, 1.82) is 0 Å². The number of nitrogens with two attached hydrogens (primary N) is 1. The van der Waals surface area contributed by atoms with Gasteiger partial charge in [-0.3, -0.25) is 0 Å². The lowest BCUT2D eigenvalue weighted by Gasteiger charge is -2.28. The first kappa shape index (κ1) is 11.1. The zero-order chi connectivity index (χ0) is 10.9. The molecule has 1 aromatic heterocycles. The number of hydrogen-bond acceptors (Lipinski definition) is 3. The van der Waals surface area contributed by atoms with E-state index in [4.69, 9.17) is 10.7 Å². The largest absolute Gasteiger partial charge is 0.330 e. The second-order valence-electron chi connectivity index (χ2n) is 5.01. The maximum Gasteiger partial charge on any atom is 0.0931 e. The Labute approximate surface area is 95.9 Å². The summed E-state index contributed by atoms with van der Waals surface area (Å²) in [5, 5.41) is 1.29. The molecule has 0 saturated carbocycles. The van der Waals surface area contributed by atoms with E-state index in [1.807, 2.05) is 11.3 Å². The molecule has 1 aliphatic rings. The van der Waals surface area contributed by atoms with E-state index in [1.165, 1.54) is 34.8 Å². The SMILES string of the molecule is CC1(C)CCCc2sc(CCCN)nc21. The molecule has 0 radical (unpaired) electrons. The molecule has 0 aromatic carbocycles. The van der Waals surface area contributed by atoms with Crippen molar-refractivity contribution in [3.8, 4) is 0 Å². The van der Waals surface area contributed by atoms with Gasteiger partial charge in [-0.05, 0) is 32.2 Å². The van der Waals surface area contributed by atoms with Gasteiger partial charge in [-0.15, -0.1) is 11.3 Å². The van der Waals surface area contributed by atoms with Crippen LogP contribution in [0.15, 0.2) is 0 Å². The van der Waals surface area contributed by atoms with Crippen molar-refractivity contribution >= 4 is 11.3 Å². The topological polar surface area (TPSA) is 38.9 Å². The van der Waals surface area contributed by atoms with Crippen LogP contribution in [-0.4, -0.2) is 11.5 Å². The Morgan fingerprint density at radius 1 is 1.47 bits per heavy atom. The molecule has 0 unspecified atom stereocenters. The number of fused-ring (bicyclic) bond motifs is 1. The van der Waals surface area contributed by atoms with E-state index < -0.39 is 0 Å². The number of aryl methyl sites for hydroxylation is 2. The van der Waals surface area contributed by atoms with Gasteiger partial charge in [-0.25, -0.2) is 4.98 Å². The smallest absolute Gasteiger partial charge is 0.0931 e. The molecule has 0 amide bonds. The van der Waals surface area contributed by atoms with E-state index >= 15 is 0 Å². The fraction of sp³-hybridized carbons (Fsp3) is 0.750. The van der Waals surface area contributed by atoms with Crippen molar-refractivity contribution in [3.63, 3.8) is 0 Å². The first-order valence-corrected chi connectivity index (χ1v) is 6.64. The molecule has 0 fully saturated rings. The first-order chi connectivity index (χ1) is 7.13. The van der Waals surface area contributed by atoms with Gasteiger partial charge in [0.15, 0.2) is 0 Å². The van der Waals surface area contributed by atoms with Crippen LogP contribution in [0.4, 0.5) is 0 Å². The molecule has 2 N–H and O–H groups in total. The van der Waals surface area contributed by atoms with Crippen molar-refractivity contribution in [2.24, 2.45) is 5.73 Å². The lowest BCUT2D eigenvalue weighted by Crippen LogP contribution is -2.23. The molecule has 1 aliphatic carbocycles. The van der Waals surface area contributed by atoms with Gasteiger partial charge in [-0.2, -0.15) is 0 Å². The molecule has 1 heterocycles. The Morgan fingerprint density at radius 3 is 2.93 bits per heavy atom. The van der Waals surface area contributed by atoms with Gasteiger partial charge in [0.2, 0.25) is 0 Å². The summed E-state index contributed by atoms with van der Waals surface area (Å²) in [6.07, 6.45) is 5.95. The predicted molar refractivity (Wildman–Crippen MR) is 65.5 cm³/mol. The van der Waals surface area contributed by atoms with Gasteiger partial charge >= 0.3 is 0 Å². The number of hydrogen-bond donors (Lipinski definition) is 1. The summed E-state index contributed by atoms with van der Waals surface area (Å²) in [7, 11) is 0. The summed E-state index contributed by atoms with van der Waals surface area (Å²) in [5.41, 5.74) is 7.19. The van der Waals surface area contributed by atoms with Crippen molar-refractivity contribution < 1.29 is 0 Å². The highest BCUT2D eigenvalue weighted by atomic mass is 32.1. The molecule has 2 nitrogen and oxygen atoms in total. The molecule has 0 atom stereocenters. The highest BCUT2D eigenvalue weighted by Crippen LogP contribution is 2.38. The molecule has 0 spiro atoms. The summed E-state index contributed by atoms with van der Waals surface area (Å²) in [4.78, 5) is 6.33. The number of rotatable bonds is 3. The van der Waals surface area contributed by atoms with Gasteiger partial charge in [0.25, 0.3) is 0 Å². The molecule has 0 aliphatic heterocycles. The highest BCUT2D eigenvalue weighted by Gasteiger charge is 2.30. The Bertz CT molecular complexity index is 341. The Hall–Kier alpha value is -0.410. The van der Waals surface area contributed by atoms with Crippen LogP contribution in [0.1, 0.15) is 48.7 Å². The average molecular weight is 224 g/mol. The first-order valence-electron chi connectivity index (χ1n) is 5.82. The maximum absolute atomic E-state index is 5.53. The van der Waals surface area contributed by atoms with E-state index in [0.29, 0.717) is 5.41 Å². The minimum atomic E-state index is 0.297. The molecular weight excluding hydrogens is 204 g/mol. The van der Waals surface area contributed by atoms with Crippen molar-refractivity contribution in [3.05, 3.63) is 15.6 Å². The van der Waals surface area contributed by atoms with Crippen LogP contribution in [0.2, 0.25) is 0 Å². The predicted octanol–water partition coefficient (Wildman–Crippen LogP) is 2.65. The summed E-state index contributed by atoms with van der Waals surface area (Å²) in [6, 6.07) is 0. The van der Waals surface area contributed by atoms with E-state index in [-0.39, 0.29) is 0 Å². The van der Waals surface area contributed by atoms with Crippen LogP contribution >= 0.6 is 11.3 Å². The van der Waals surface area contributed by atoms with Gasteiger partial charge in [-0.1, -0.05) is 13.8 Å². The Balaban J connectivity index is 2.22. The monoisotopic (exact) mass is 224 g/mol. The van der Waals surface area contributed by atoms with Crippen molar-refractivity contribution in [2.45, 2.75) is 51.4 Å². The quantitative estimate of drug-likeness (QED) is 0.857. The fourth-order valence-electron chi connectivity index (χ4n) is 2.27. The lowest BCUT2D eigenvalue weighted by molar-refractivity contribution is 0.423. The van der Waals surface area contributed by atoms with Crippen LogP contribution in [0.3, 0.4) is 0 Å². The number of nitrogens with zero attached hydrogens (tertiary/aromatic N) is 1. The fourth-order valence-corrected chi connectivity index (χ4v) is 3.60. The number of thiazole rings is 1. The van der Waals surface area contributed by atoms with Crippen LogP contribution in [0, 0.1) is 0 Å². The molecule has 3 heteroatoms. The number of aromatic nitrogens is 1. The Morgan fingerprint density at radius 2 is 2.27 bits per heavy atom. The molecule has 0 bridgehead atoms. The summed E-state index contributed by atoms with van der Waals surface area (Å²) < 4.78 is 0. The van der Waals surface area contributed by atoms with E-state index in [9.17, 15) is 0 Å². The van der Waals surface area contributed by atoms with Crippen molar-refractivity contribution in [1.82, 2.24) is 4.98 Å². The second kappa shape index (κ2) is 4.22. The van der Waals surface area contributed by atoms with Crippen LogP contribution < -0.4 is 5.73 Å². The normalized spacial score (nSPS) is 18.9. The van der Waals surface area contributed by atoms with Gasteiger partial charge in [0.05, 0.1) is 10.7 Å². The third kappa shape index (κ3) is 2.23. The van der Waals surface area contributed by atoms with Crippen LogP contribution in [0.5, 0.6) is 0 Å². The minimum absolute atomic E-state index is 0.297. The van der Waals surface area contributed by atoms with E-state index in [1.54, 1.807) is 0 Å². The average Bonchev–Trinajstić information content (AvgIpc) is 2.59. The maximum atomic E-state index is 5.53. The third-order valence-electron chi connectivity index (χ3n) is 3.18. The standard InChI is InChI=1S/C12H20N2S/c1-12(2)7-3-5-9-11(12)14-10(15-9)6-4-8-13/h3-8,13H2,1-2H3. The molecule has 2 rings (SSSR count). The molecule has 1 aromatic rings. The van der Waals surface area contributed by atoms with Gasteiger partial charge in [0.1, 0.15) is 0 Å². The van der Waals surface area contributed by atoms with E-state index in [0.717, 1.165) is 19.4 Å². The zero-order valence-corrected chi connectivity index (χ0v) is 10.5. The summed E-state index contributed by atoms with van der Waals surface area (Å²) in [6.45, 7) is 5.41. The van der Waals surface area contributed by atoms with Crippen molar-refractivity contribution in [2.75, 3.05) is 6.54 Å². The lowest BCUT2D eigenvalue weighted by atomic mass is 9.79. The molecule has 0 saturated heterocycles.